The Hall–Kier alpha value is -2.27. The van der Waals surface area contributed by atoms with Crippen LogP contribution < -0.4 is 9.64 Å². The molecule has 0 aliphatic carbocycles. The molecule has 0 saturated heterocycles. The third-order valence-electron chi connectivity index (χ3n) is 4.03. The minimum absolute atomic E-state index is 0.0456. The number of nitrogens with zero attached hydrogens (tertiary/aromatic N) is 1. The lowest BCUT2D eigenvalue weighted by Gasteiger charge is -2.25. The molecular weight excluding hydrogens is 322 g/mol. The maximum absolute atomic E-state index is 11.4. The number of hydrogen-bond donors (Lipinski definition) is 0. The van der Waals surface area contributed by atoms with Gasteiger partial charge in [0.1, 0.15) is 10.6 Å². The number of fused-ring (bicyclic) bond motifs is 1. The van der Waals surface area contributed by atoms with Gasteiger partial charge in [-0.1, -0.05) is 50.2 Å². The fourth-order valence-corrected chi connectivity index (χ4v) is 3.95. The Kier molecular flexibility index (Phi) is 6.04. The van der Waals surface area contributed by atoms with Gasteiger partial charge in [0.15, 0.2) is 0 Å². The zero-order valence-corrected chi connectivity index (χ0v) is 15.2. The van der Waals surface area contributed by atoms with E-state index in [1.165, 1.54) is 0 Å². The van der Waals surface area contributed by atoms with E-state index in [4.69, 9.17) is 4.74 Å². The number of ether oxygens (including phenoxy) is 1. The smallest absolute Gasteiger partial charge is 0.220 e. The zero-order valence-electron chi connectivity index (χ0n) is 14.4. The Balaban J connectivity index is 0.000000219. The van der Waals surface area contributed by atoms with Crippen molar-refractivity contribution in [2.75, 3.05) is 19.1 Å². The van der Waals surface area contributed by atoms with Crippen LogP contribution in [0.5, 0.6) is 5.75 Å². The van der Waals surface area contributed by atoms with Gasteiger partial charge in [0.2, 0.25) is 10.3 Å². The van der Waals surface area contributed by atoms with Gasteiger partial charge in [-0.25, -0.2) is 0 Å². The molecule has 0 spiro atoms. The van der Waals surface area contributed by atoms with Gasteiger partial charge in [0.25, 0.3) is 0 Å². The van der Waals surface area contributed by atoms with E-state index in [-0.39, 0.29) is 12.0 Å². The van der Waals surface area contributed by atoms with Crippen LogP contribution in [-0.4, -0.2) is 33.5 Å². The molecular formula is C19H23NO3S. The molecule has 3 rings (SSSR count). The average molecular weight is 345 g/mol. The number of rotatable bonds is 2. The maximum atomic E-state index is 11.4. The van der Waals surface area contributed by atoms with Gasteiger partial charge in [-0.05, 0) is 24.1 Å². The third-order valence-corrected chi connectivity index (χ3v) is 4.85. The first-order valence-electron chi connectivity index (χ1n) is 7.84. The van der Waals surface area contributed by atoms with Crippen LogP contribution in [0.25, 0.3) is 0 Å². The highest BCUT2D eigenvalue weighted by Gasteiger charge is 2.35. The molecule has 0 aromatic heterocycles. The van der Waals surface area contributed by atoms with Crippen LogP contribution in [0.4, 0.5) is 5.69 Å². The predicted molar refractivity (Wildman–Crippen MR) is 99.5 cm³/mol. The van der Waals surface area contributed by atoms with Gasteiger partial charge in [-0.15, -0.1) is 0 Å². The van der Waals surface area contributed by atoms with Crippen molar-refractivity contribution in [3.05, 3.63) is 60.2 Å². The molecule has 0 fully saturated rings. The van der Waals surface area contributed by atoms with Crippen molar-refractivity contribution >= 4 is 20.8 Å². The quantitative estimate of drug-likeness (QED) is 0.784. The largest absolute Gasteiger partial charge is 0.497 e. The molecule has 1 aliphatic rings. The van der Waals surface area contributed by atoms with Crippen molar-refractivity contribution in [3.8, 4) is 5.75 Å². The van der Waals surface area contributed by atoms with E-state index in [0.717, 1.165) is 17.0 Å². The van der Waals surface area contributed by atoms with Crippen LogP contribution in [0.2, 0.25) is 0 Å². The van der Waals surface area contributed by atoms with E-state index in [1.807, 2.05) is 80.4 Å². The topological polar surface area (TPSA) is 46.6 Å². The molecule has 1 aliphatic heterocycles. The lowest BCUT2D eigenvalue weighted by atomic mass is 10.00. The van der Waals surface area contributed by atoms with Gasteiger partial charge in [-0.3, -0.25) is 0 Å². The van der Waals surface area contributed by atoms with Crippen molar-refractivity contribution < 1.29 is 13.2 Å². The number of anilines is 1. The normalized spacial score (nSPS) is 15.6. The predicted octanol–water partition coefficient (Wildman–Crippen LogP) is 3.26. The number of hydrogen-bond acceptors (Lipinski definition) is 4. The highest BCUT2D eigenvalue weighted by Crippen LogP contribution is 2.33. The number of para-hydroxylation sites is 2. The first kappa shape index (κ1) is 18.1. The summed E-state index contributed by atoms with van der Waals surface area (Å²) in [4.78, 5) is 2.57. The summed E-state index contributed by atoms with van der Waals surface area (Å²) >= 11 is 0. The molecule has 1 atom stereocenters. The standard InChI is InChI=1S/C12H15NO2S.C7H8O/c1-8(2)11-12(16(14)15)9-6-4-5-7-10(9)13(11)3;1-8-7-5-3-2-4-6-7/h4-8,11H,1-3H3;2-6H,1H3. The molecule has 4 nitrogen and oxygen atoms in total. The second-order valence-electron chi connectivity index (χ2n) is 5.93. The molecule has 24 heavy (non-hydrogen) atoms. The second-order valence-corrected chi connectivity index (χ2v) is 6.84. The maximum Gasteiger partial charge on any atom is 0.220 e. The Morgan fingerprint density at radius 3 is 2.08 bits per heavy atom. The number of likely N-dealkylation sites (N-methyl/N-ethyl adjacent to an activating group) is 1. The minimum Gasteiger partial charge on any atom is -0.497 e. The van der Waals surface area contributed by atoms with Crippen molar-refractivity contribution in [2.24, 2.45) is 5.92 Å². The summed E-state index contributed by atoms with van der Waals surface area (Å²) in [6.07, 6.45) is 0. The van der Waals surface area contributed by atoms with Crippen LogP contribution in [0.3, 0.4) is 0 Å². The highest BCUT2D eigenvalue weighted by atomic mass is 32.2. The SMILES string of the molecule is CC(C)C1C(=S(=O)=O)c2ccccc2N1C.COc1ccccc1. The Morgan fingerprint density at radius 1 is 1.00 bits per heavy atom. The van der Waals surface area contributed by atoms with Crippen molar-refractivity contribution in [1.82, 2.24) is 0 Å². The van der Waals surface area contributed by atoms with Crippen molar-refractivity contribution in [3.63, 3.8) is 0 Å². The fraction of sp³-hybridized carbons (Fsp3) is 0.316. The third kappa shape index (κ3) is 3.79. The second kappa shape index (κ2) is 8.02. The molecule has 2 aromatic carbocycles. The number of methoxy groups -OCH3 is 1. The van der Waals surface area contributed by atoms with Gasteiger partial charge in [0, 0.05) is 18.3 Å². The Morgan fingerprint density at radius 2 is 1.58 bits per heavy atom. The van der Waals surface area contributed by atoms with Gasteiger partial charge in [-0.2, -0.15) is 8.42 Å². The minimum atomic E-state index is -2.15. The molecule has 0 radical (unpaired) electrons. The van der Waals surface area contributed by atoms with Gasteiger partial charge in [0.05, 0.1) is 13.2 Å². The summed E-state index contributed by atoms with van der Waals surface area (Å²) in [7, 11) is 1.46. The average Bonchev–Trinajstić information content (AvgIpc) is 2.90. The van der Waals surface area contributed by atoms with Gasteiger partial charge < -0.3 is 9.64 Å². The summed E-state index contributed by atoms with van der Waals surface area (Å²) in [6, 6.07) is 17.3. The first-order chi connectivity index (χ1) is 11.5. The van der Waals surface area contributed by atoms with E-state index < -0.39 is 10.3 Å². The summed E-state index contributed by atoms with van der Waals surface area (Å²) in [6.45, 7) is 4.08. The van der Waals surface area contributed by atoms with E-state index in [0.29, 0.717) is 4.86 Å². The lowest BCUT2D eigenvalue weighted by Crippen LogP contribution is -2.37. The van der Waals surface area contributed by atoms with Crippen molar-refractivity contribution in [2.45, 2.75) is 19.9 Å². The highest BCUT2D eigenvalue weighted by molar-refractivity contribution is 7.73. The molecule has 0 N–H and O–H groups in total. The zero-order chi connectivity index (χ0) is 17.7. The summed E-state index contributed by atoms with van der Waals surface area (Å²) < 4.78 is 27.6. The molecule has 1 heterocycles. The molecule has 0 amide bonds. The molecule has 1 unspecified atom stereocenters. The summed E-state index contributed by atoms with van der Waals surface area (Å²) in [5.74, 6) is 1.18. The van der Waals surface area contributed by atoms with E-state index in [9.17, 15) is 8.42 Å². The molecule has 2 aromatic rings. The molecule has 0 bridgehead atoms. The van der Waals surface area contributed by atoms with Crippen LogP contribution in [0.15, 0.2) is 54.6 Å². The molecule has 5 heteroatoms. The van der Waals surface area contributed by atoms with E-state index in [1.54, 1.807) is 7.11 Å². The Labute approximate surface area is 145 Å². The monoisotopic (exact) mass is 345 g/mol. The molecule has 0 saturated carbocycles. The van der Waals surface area contributed by atoms with E-state index in [2.05, 4.69) is 0 Å². The summed E-state index contributed by atoms with van der Waals surface area (Å²) in [5, 5.41) is 0. The van der Waals surface area contributed by atoms with Crippen LogP contribution in [0, 0.1) is 5.92 Å². The van der Waals surface area contributed by atoms with E-state index >= 15 is 0 Å². The molecule has 128 valence electrons. The van der Waals surface area contributed by atoms with Crippen LogP contribution in [0.1, 0.15) is 19.4 Å². The van der Waals surface area contributed by atoms with Crippen LogP contribution in [-0.2, 0) is 10.3 Å². The van der Waals surface area contributed by atoms with Gasteiger partial charge >= 0.3 is 0 Å². The first-order valence-corrected chi connectivity index (χ1v) is 8.92. The van der Waals surface area contributed by atoms with Crippen LogP contribution >= 0.6 is 0 Å². The lowest BCUT2D eigenvalue weighted by molar-refractivity contribution is 0.415. The fourth-order valence-electron chi connectivity index (χ4n) is 2.97. The summed E-state index contributed by atoms with van der Waals surface area (Å²) in [5.41, 5.74) is 1.84. The Bertz CT molecular complexity index is 806. The number of benzene rings is 2. The van der Waals surface area contributed by atoms with Crippen molar-refractivity contribution in [1.29, 1.82) is 0 Å².